The largest absolute Gasteiger partial charge is 0.486 e. The third-order valence-electron chi connectivity index (χ3n) is 4.74. The van der Waals surface area contributed by atoms with Crippen molar-refractivity contribution in [3.05, 3.63) is 102 Å². The van der Waals surface area contributed by atoms with E-state index in [1.54, 1.807) is 28.7 Å². The fourth-order valence-electron chi connectivity index (χ4n) is 3.35. The molecule has 0 unspecified atom stereocenters. The first-order chi connectivity index (χ1) is 15.0. The van der Waals surface area contributed by atoms with Crippen molar-refractivity contribution in [2.75, 3.05) is 0 Å². The van der Waals surface area contributed by atoms with Crippen molar-refractivity contribution < 1.29 is 9.13 Å². The van der Waals surface area contributed by atoms with E-state index in [1.807, 2.05) is 30.3 Å². The molecule has 0 saturated carbocycles. The summed E-state index contributed by atoms with van der Waals surface area (Å²) >= 11 is 11.2. The predicted octanol–water partition coefficient (Wildman–Crippen LogP) is 5.59. The minimum absolute atomic E-state index is 0.118. The quantitative estimate of drug-likeness (QED) is 0.313. The van der Waals surface area contributed by atoms with E-state index in [4.69, 9.17) is 16.3 Å². The SMILES string of the molecule is O=c1c(=Cc2cc(Cl)c(OCc3cccc(F)c3)c(Br)c2)sc2nc3ccccc3n12. The molecule has 0 radical (unpaired) electrons. The number of nitrogens with zero attached hydrogens (tertiary/aromatic N) is 2. The van der Waals surface area contributed by atoms with Gasteiger partial charge < -0.3 is 4.74 Å². The Morgan fingerprint density at radius 1 is 1.16 bits per heavy atom. The lowest BCUT2D eigenvalue weighted by Gasteiger charge is -2.11. The number of thiazole rings is 1. The summed E-state index contributed by atoms with van der Waals surface area (Å²) in [6.45, 7) is 0.180. The van der Waals surface area contributed by atoms with E-state index in [2.05, 4.69) is 20.9 Å². The van der Waals surface area contributed by atoms with Gasteiger partial charge in [0.15, 0.2) is 10.7 Å². The van der Waals surface area contributed by atoms with Crippen molar-refractivity contribution in [2.45, 2.75) is 6.61 Å². The zero-order valence-corrected chi connectivity index (χ0v) is 19.0. The molecule has 2 aromatic heterocycles. The first-order valence-electron chi connectivity index (χ1n) is 9.27. The molecule has 5 aromatic rings. The van der Waals surface area contributed by atoms with Crippen LogP contribution in [-0.4, -0.2) is 9.38 Å². The molecule has 31 heavy (non-hydrogen) atoms. The molecule has 0 spiro atoms. The fraction of sp³-hybridized carbons (Fsp3) is 0.0435. The van der Waals surface area contributed by atoms with Gasteiger partial charge in [0.2, 0.25) is 0 Å². The maximum Gasteiger partial charge on any atom is 0.274 e. The average Bonchev–Trinajstić information content (AvgIpc) is 3.24. The predicted molar refractivity (Wildman–Crippen MR) is 126 cm³/mol. The van der Waals surface area contributed by atoms with Crippen molar-refractivity contribution in [3.63, 3.8) is 0 Å². The van der Waals surface area contributed by atoms with Gasteiger partial charge >= 0.3 is 0 Å². The van der Waals surface area contributed by atoms with E-state index < -0.39 is 0 Å². The van der Waals surface area contributed by atoms with Gasteiger partial charge in [-0.15, -0.1) is 0 Å². The molecule has 0 aliphatic carbocycles. The van der Waals surface area contributed by atoms with Crippen LogP contribution in [0.4, 0.5) is 4.39 Å². The normalized spacial score (nSPS) is 12.2. The van der Waals surface area contributed by atoms with Crippen LogP contribution in [0.2, 0.25) is 5.02 Å². The van der Waals surface area contributed by atoms with Gasteiger partial charge in [-0.1, -0.05) is 47.2 Å². The van der Waals surface area contributed by atoms with Gasteiger partial charge in [-0.3, -0.25) is 4.79 Å². The van der Waals surface area contributed by atoms with Gasteiger partial charge in [-0.25, -0.2) is 13.8 Å². The molecule has 0 atom stereocenters. The van der Waals surface area contributed by atoms with Crippen molar-refractivity contribution in [1.82, 2.24) is 9.38 Å². The van der Waals surface area contributed by atoms with E-state index in [1.165, 1.54) is 23.5 Å². The van der Waals surface area contributed by atoms with Crippen LogP contribution in [-0.2, 0) is 6.61 Å². The smallest absolute Gasteiger partial charge is 0.274 e. The summed E-state index contributed by atoms with van der Waals surface area (Å²) in [5.41, 5.74) is 2.92. The Hall–Kier alpha value is -2.74. The average molecular weight is 516 g/mol. The van der Waals surface area contributed by atoms with E-state index in [0.29, 0.717) is 30.3 Å². The van der Waals surface area contributed by atoms with Gasteiger partial charge in [0.1, 0.15) is 12.4 Å². The molecule has 154 valence electrons. The number of hydrogen-bond donors (Lipinski definition) is 0. The Morgan fingerprint density at radius 2 is 2.00 bits per heavy atom. The van der Waals surface area contributed by atoms with E-state index in [-0.39, 0.29) is 18.0 Å². The number of imidazole rings is 1. The highest BCUT2D eigenvalue weighted by Gasteiger charge is 2.12. The molecule has 8 heteroatoms. The van der Waals surface area contributed by atoms with Crippen LogP contribution in [0.5, 0.6) is 5.75 Å². The summed E-state index contributed by atoms with van der Waals surface area (Å²) in [6, 6.07) is 17.3. The zero-order chi connectivity index (χ0) is 21.5. The highest BCUT2D eigenvalue weighted by molar-refractivity contribution is 9.10. The number of ether oxygens (including phenoxy) is 1. The van der Waals surface area contributed by atoms with Crippen LogP contribution in [0.3, 0.4) is 0 Å². The topological polar surface area (TPSA) is 43.6 Å². The molecular weight excluding hydrogens is 503 g/mol. The minimum Gasteiger partial charge on any atom is -0.486 e. The summed E-state index contributed by atoms with van der Waals surface area (Å²) in [6.07, 6.45) is 1.78. The molecule has 0 aliphatic rings. The molecule has 0 fully saturated rings. The van der Waals surface area contributed by atoms with Gasteiger partial charge in [0.25, 0.3) is 5.56 Å². The second-order valence-electron chi connectivity index (χ2n) is 6.87. The summed E-state index contributed by atoms with van der Waals surface area (Å²) in [7, 11) is 0. The van der Waals surface area contributed by atoms with Crippen LogP contribution in [0.15, 0.2) is 69.9 Å². The van der Waals surface area contributed by atoms with Crippen molar-refractivity contribution in [2.24, 2.45) is 0 Å². The third-order valence-corrected chi connectivity index (χ3v) is 6.57. The molecule has 5 rings (SSSR count). The molecule has 3 aromatic carbocycles. The zero-order valence-electron chi connectivity index (χ0n) is 15.8. The molecule has 0 N–H and O–H groups in total. The van der Waals surface area contributed by atoms with Gasteiger partial charge in [-0.2, -0.15) is 0 Å². The second-order valence-corrected chi connectivity index (χ2v) is 9.14. The lowest BCUT2D eigenvalue weighted by Crippen LogP contribution is -2.22. The molecule has 4 nitrogen and oxygen atoms in total. The lowest BCUT2D eigenvalue weighted by molar-refractivity contribution is 0.304. The standard InChI is InChI=1S/C23H13BrClFN2O2S/c24-16-9-14(10-17(25)21(16)30-12-13-4-3-5-15(26)8-13)11-20-22(29)28-19-7-2-1-6-18(19)27-23(28)31-20/h1-11H,12H2. The fourth-order valence-corrected chi connectivity index (χ4v) is 5.32. The monoisotopic (exact) mass is 514 g/mol. The second kappa shape index (κ2) is 8.07. The Bertz CT molecular complexity index is 1540. The molecule has 0 bridgehead atoms. The highest BCUT2D eigenvalue weighted by Crippen LogP contribution is 2.35. The van der Waals surface area contributed by atoms with Crippen LogP contribution < -0.4 is 14.8 Å². The molecule has 0 aliphatic heterocycles. The van der Waals surface area contributed by atoms with Crippen molar-refractivity contribution in [1.29, 1.82) is 0 Å². The van der Waals surface area contributed by atoms with Crippen molar-refractivity contribution in [3.8, 4) is 5.75 Å². The van der Waals surface area contributed by atoms with Crippen molar-refractivity contribution >= 4 is 60.9 Å². The first-order valence-corrected chi connectivity index (χ1v) is 11.3. The Balaban J connectivity index is 1.49. The highest BCUT2D eigenvalue weighted by atomic mass is 79.9. The van der Waals surface area contributed by atoms with E-state index in [0.717, 1.165) is 16.6 Å². The molecule has 0 amide bonds. The lowest BCUT2D eigenvalue weighted by atomic mass is 10.2. The minimum atomic E-state index is -0.320. The number of benzene rings is 3. The van der Waals surface area contributed by atoms with Gasteiger partial charge in [0.05, 0.1) is 25.1 Å². The maximum atomic E-state index is 13.4. The van der Waals surface area contributed by atoms with Gasteiger partial charge in [-0.05, 0) is 69.5 Å². The first kappa shape index (κ1) is 20.2. The van der Waals surface area contributed by atoms with Crippen LogP contribution in [0.1, 0.15) is 11.1 Å². The number of fused-ring (bicyclic) bond motifs is 3. The van der Waals surface area contributed by atoms with Crippen LogP contribution in [0, 0.1) is 5.82 Å². The van der Waals surface area contributed by atoms with Crippen LogP contribution >= 0.6 is 38.9 Å². The number of aromatic nitrogens is 2. The third kappa shape index (κ3) is 3.84. The molecule has 0 saturated heterocycles. The molecular formula is C23H13BrClFN2O2S. The number of para-hydroxylation sites is 2. The summed E-state index contributed by atoms with van der Waals surface area (Å²) in [5.74, 6) is 0.136. The summed E-state index contributed by atoms with van der Waals surface area (Å²) < 4.78 is 22.0. The number of hydrogen-bond acceptors (Lipinski definition) is 4. The summed E-state index contributed by atoms with van der Waals surface area (Å²) in [4.78, 5) is 18.1. The Kier molecular flexibility index (Phi) is 5.25. The summed E-state index contributed by atoms with van der Waals surface area (Å²) in [5, 5.41) is 0.385. The Morgan fingerprint density at radius 3 is 2.81 bits per heavy atom. The maximum absolute atomic E-state index is 13.4. The van der Waals surface area contributed by atoms with E-state index >= 15 is 0 Å². The number of halogens is 3. The molecule has 2 heterocycles. The van der Waals surface area contributed by atoms with Crippen LogP contribution in [0.25, 0.3) is 22.1 Å². The van der Waals surface area contributed by atoms with E-state index in [9.17, 15) is 9.18 Å². The van der Waals surface area contributed by atoms with Gasteiger partial charge in [0, 0.05) is 0 Å². The number of rotatable bonds is 4. The Labute approximate surface area is 193 Å².